The second-order valence-electron chi connectivity index (χ2n) is 6.17. The third kappa shape index (κ3) is 3.74. The minimum Gasteiger partial charge on any atom is -0.382 e. The molecule has 0 heterocycles. The maximum absolute atomic E-state index is 11.4. The topological polar surface area (TPSA) is 98.2 Å². The van der Waals surface area contributed by atoms with Gasteiger partial charge in [0.05, 0.1) is 0 Å². The minimum atomic E-state index is -0.563. The molecule has 1 aromatic rings. The highest BCUT2D eigenvalue weighted by Gasteiger charge is 2.25. The largest absolute Gasteiger partial charge is 0.382 e. The van der Waals surface area contributed by atoms with E-state index in [-0.39, 0.29) is 0 Å². The molecule has 0 spiro atoms. The van der Waals surface area contributed by atoms with Gasteiger partial charge in [-0.3, -0.25) is 9.59 Å². The number of rotatable bonds is 4. The standard InChI is InChI=1S/C16H23N3O2/c1-9-3-4-14(10(2)5-9)19-13-7-11(15(17)20)6-12(8-13)16(18)21/h6-10,14,19H,3-5H2,1-2H3,(H2,17,20)(H2,18,21). The van der Waals surface area contributed by atoms with Crippen LogP contribution in [0.25, 0.3) is 0 Å². The quantitative estimate of drug-likeness (QED) is 0.791. The summed E-state index contributed by atoms with van der Waals surface area (Å²) < 4.78 is 0. The van der Waals surface area contributed by atoms with E-state index in [1.54, 1.807) is 12.1 Å². The SMILES string of the molecule is CC1CCC(Nc2cc(C(N)=O)cc(C(N)=O)c2)C(C)C1. The molecule has 1 saturated carbocycles. The number of carbonyl (C=O) groups excluding carboxylic acids is 2. The zero-order valence-electron chi connectivity index (χ0n) is 12.6. The van der Waals surface area contributed by atoms with Crippen LogP contribution in [0, 0.1) is 11.8 Å². The number of amides is 2. The van der Waals surface area contributed by atoms with Crippen molar-refractivity contribution in [2.24, 2.45) is 23.3 Å². The number of nitrogens with one attached hydrogen (secondary N) is 1. The van der Waals surface area contributed by atoms with Crippen LogP contribution in [0.2, 0.25) is 0 Å². The third-order valence-corrected chi connectivity index (χ3v) is 4.29. The van der Waals surface area contributed by atoms with Crippen LogP contribution >= 0.6 is 0 Å². The van der Waals surface area contributed by atoms with Gasteiger partial charge in [0.15, 0.2) is 0 Å². The lowest BCUT2D eigenvalue weighted by Crippen LogP contribution is -2.33. The molecule has 2 rings (SSSR count). The molecular weight excluding hydrogens is 266 g/mol. The summed E-state index contributed by atoms with van der Waals surface area (Å²) in [5, 5.41) is 3.43. The molecule has 5 N–H and O–H groups in total. The fourth-order valence-corrected chi connectivity index (χ4v) is 3.09. The molecule has 0 saturated heterocycles. The Morgan fingerprint density at radius 3 is 2.10 bits per heavy atom. The Labute approximate surface area is 125 Å². The van der Waals surface area contributed by atoms with Crippen LogP contribution in [-0.2, 0) is 0 Å². The van der Waals surface area contributed by atoms with Gasteiger partial charge in [0, 0.05) is 22.9 Å². The van der Waals surface area contributed by atoms with Crippen LogP contribution in [0.3, 0.4) is 0 Å². The molecular formula is C16H23N3O2. The Morgan fingerprint density at radius 1 is 1.05 bits per heavy atom. The Morgan fingerprint density at radius 2 is 1.62 bits per heavy atom. The molecule has 2 amide bonds. The van der Waals surface area contributed by atoms with Gasteiger partial charge in [0.25, 0.3) is 0 Å². The van der Waals surface area contributed by atoms with Crippen LogP contribution in [0.5, 0.6) is 0 Å². The zero-order valence-corrected chi connectivity index (χ0v) is 12.6. The van der Waals surface area contributed by atoms with Crippen molar-refractivity contribution in [2.45, 2.75) is 39.2 Å². The van der Waals surface area contributed by atoms with E-state index in [0.717, 1.165) is 18.0 Å². The van der Waals surface area contributed by atoms with Crippen molar-refractivity contribution in [2.75, 3.05) is 5.32 Å². The number of hydrogen-bond acceptors (Lipinski definition) is 3. The maximum Gasteiger partial charge on any atom is 0.248 e. The summed E-state index contributed by atoms with van der Waals surface area (Å²) in [7, 11) is 0. The summed E-state index contributed by atoms with van der Waals surface area (Å²) >= 11 is 0. The number of hydrogen-bond donors (Lipinski definition) is 3. The smallest absolute Gasteiger partial charge is 0.248 e. The average Bonchev–Trinajstić information content (AvgIpc) is 2.41. The van der Waals surface area contributed by atoms with Crippen LogP contribution in [-0.4, -0.2) is 17.9 Å². The fraction of sp³-hybridized carbons (Fsp3) is 0.500. The third-order valence-electron chi connectivity index (χ3n) is 4.29. The predicted molar refractivity (Wildman–Crippen MR) is 83.1 cm³/mol. The molecule has 1 aliphatic carbocycles. The molecule has 1 aliphatic rings. The molecule has 1 aromatic carbocycles. The Bertz CT molecular complexity index is 524. The van der Waals surface area contributed by atoms with Crippen LogP contribution in [0.1, 0.15) is 53.8 Å². The molecule has 0 bridgehead atoms. The van der Waals surface area contributed by atoms with Gasteiger partial charge in [0.2, 0.25) is 11.8 Å². The first-order valence-corrected chi connectivity index (χ1v) is 7.38. The highest BCUT2D eigenvalue weighted by atomic mass is 16.1. The normalized spacial score (nSPS) is 25.3. The molecule has 0 radical (unpaired) electrons. The summed E-state index contributed by atoms with van der Waals surface area (Å²) in [5.41, 5.74) is 11.9. The van der Waals surface area contributed by atoms with Gasteiger partial charge >= 0.3 is 0 Å². The van der Waals surface area contributed by atoms with Crippen LogP contribution < -0.4 is 16.8 Å². The monoisotopic (exact) mass is 289 g/mol. The van der Waals surface area contributed by atoms with Gasteiger partial charge in [-0.2, -0.15) is 0 Å². The van der Waals surface area contributed by atoms with Gasteiger partial charge < -0.3 is 16.8 Å². The van der Waals surface area contributed by atoms with Crippen molar-refractivity contribution in [3.05, 3.63) is 29.3 Å². The predicted octanol–water partition coefficient (Wildman–Crippen LogP) is 2.12. The molecule has 5 nitrogen and oxygen atoms in total. The van der Waals surface area contributed by atoms with E-state index in [1.807, 2.05) is 0 Å². The lowest BCUT2D eigenvalue weighted by atomic mass is 9.80. The van der Waals surface area contributed by atoms with Crippen molar-refractivity contribution in [3.63, 3.8) is 0 Å². The lowest BCUT2D eigenvalue weighted by Gasteiger charge is -2.34. The first-order valence-electron chi connectivity index (χ1n) is 7.38. The summed E-state index contributed by atoms with van der Waals surface area (Å²) in [4.78, 5) is 22.7. The van der Waals surface area contributed by atoms with Crippen molar-refractivity contribution >= 4 is 17.5 Å². The van der Waals surface area contributed by atoms with Gasteiger partial charge in [-0.25, -0.2) is 0 Å². The average molecular weight is 289 g/mol. The van der Waals surface area contributed by atoms with E-state index in [0.29, 0.717) is 23.1 Å². The second kappa shape index (κ2) is 6.16. The zero-order chi connectivity index (χ0) is 15.6. The molecule has 1 fully saturated rings. The number of carbonyl (C=O) groups is 2. The fourth-order valence-electron chi connectivity index (χ4n) is 3.09. The van der Waals surface area contributed by atoms with E-state index in [1.165, 1.54) is 18.9 Å². The van der Waals surface area contributed by atoms with E-state index in [9.17, 15) is 9.59 Å². The van der Waals surface area contributed by atoms with Crippen LogP contribution in [0.4, 0.5) is 5.69 Å². The van der Waals surface area contributed by atoms with E-state index in [2.05, 4.69) is 19.2 Å². The Hall–Kier alpha value is -2.04. The summed E-state index contributed by atoms with van der Waals surface area (Å²) in [6.07, 6.45) is 3.44. The molecule has 114 valence electrons. The van der Waals surface area contributed by atoms with Gasteiger partial charge in [-0.1, -0.05) is 13.8 Å². The van der Waals surface area contributed by atoms with E-state index in [4.69, 9.17) is 11.5 Å². The molecule has 0 aliphatic heterocycles. The van der Waals surface area contributed by atoms with Gasteiger partial charge in [0.1, 0.15) is 0 Å². The molecule has 5 heteroatoms. The van der Waals surface area contributed by atoms with Crippen molar-refractivity contribution in [1.29, 1.82) is 0 Å². The first-order chi connectivity index (χ1) is 9.86. The molecule has 3 unspecified atom stereocenters. The van der Waals surface area contributed by atoms with Crippen molar-refractivity contribution in [3.8, 4) is 0 Å². The Kier molecular flexibility index (Phi) is 4.50. The lowest BCUT2D eigenvalue weighted by molar-refractivity contribution is 0.0999. The second-order valence-corrected chi connectivity index (χ2v) is 6.17. The van der Waals surface area contributed by atoms with Gasteiger partial charge in [-0.15, -0.1) is 0 Å². The van der Waals surface area contributed by atoms with Crippen molar-refractivity contribution < 1.29 is 9.59 Å². The number of nitrogens with two attached hydrogens (primary N) is 2. The summed E-state index contributed by atoms with van der Waals surface area (Å²) in [6.45, 7) is 4.49. The highest BCUT2D eigenvalue weighted by Crippen LogP contribution is 2.31. The Balaban J connectivity index is 2.22. The van der Waals surface area contributed by atoms with Crippen LogP contribution in [0.15, 0.2) is 18.2 Å². The first kappa shape index (κ1) is 15.4. The summed E-state index contributed by atoms with van der Waals surface area (Å²) in [5.74, 6) is 0.164. The number of benzene rings is 1. The molecule has 21 heavy (non-hydrogen) atoms. The number of primary amides is 2. The van der Waals surface area contributed by atoms with Crippen molar-refractivity contribution in [1.82, 2.24) is 0 Å². The number of anilines is 1. The molecule has 3 atom stereocenters. The maximum atomic E-state index is 11.4. The minimum absolute atomic E-state index is 0.297. The van der Waals surface area contributed by atoms with E-state index < -0.39 is 11.8 Å². The van der Waals surface area contributed by atoms with Gasteiger partial charge in [-0.05, 0) is 49.3 Å². The molecule has 0 aromatic heterocycles. The highest BCUT2D eigenvalue weighted by molar-refractivity contribution is 5.99. The summed E-state index contributed by atoms with van der Waals surface area (Å²) in [6, 6.07) is 5.13. The van der Waals surface area contributed by atoms with E-state index >= 15 is 0 Å².